The second-order valence-corrected chi connectivity index (χ2v) is 6.75. The molecule has 0 spiro atoms. The summed E-state index contributed by atoms with van der Waals surface area (Å²) in [7, 11) is 3.10. The van der Waals surface area contributed by atoms with Crippen molar-refractivity contribution in [2.24, 2.45) is 0 Å². The molecule has 2 heterocycles. The van der Waals surface area contributed by atoms with Gasteiger partial charge < -0.3 is 19.5 Å². The van der Waals surface area contributed by atoms with Crippen LogP contribution >= 0.6 is 11.3 Å². The van der Waals surface area contributed by atoms with Gasteiger partial charge in [0.25, 0.3) is 5.91 Å². The highest BCUT2D eigenvalue weighted by molar-refractivity contribution is 7.07. The number of benzene rings is 1. The molecule has 0 aliphatic carbocycles. The van der Waals surface area contributed by atoms with Crippen LogP contribution in [0.5, 0.6) is 11.5 Å². The molecule has 7 heteroatoms. The fraction of sp³-hybridized carbons (Fsp3) is 0.421. The van der Waals surface area contributed by atoms with E-state index in [0.717, 1.165) is 26.3 Å². The van der Waals surface area contributed by atoms with E-state index in [1.807, 2.05) is 0 Å². The number of methoxy groups -OCH3 is 2. The molecule has 1 atom stereocenters. The van der Waals surface area contributed by atoms with Crippen LogP contribution in [0, 0.1) is 0 Å². The number of hydrogen-bond donors (Lipinski definition) is 1. The van der Waals surface area contributed by atoms with E-state index in [1.165, 1.54) is 12.7 Å². The van der Waals surface area contributed by atoms with Gasteiger partial charge in [0.2, 0.25) is 0 Å². The normalized spacial score (nSPS) is 16.1. The number of thiophene rings is 1. The van der Waals surface area contributed by atoms with Crippen molar-refractivity contribution in [2.75, 3.05) is 47.1 Å². The zero-order chi connectivity index (χ0) is 18.4. The molecule has 1 saturated heterocycles. The summed E-state index contributed by atoms with van der Waals surface area (Å²) in [5.74, 6) is 0.822. The Kier molecular flexibility index (Phi) is 6.49. The van der Waals surface area contributed by atoms with E-state index in [0.29, 0.717) is 23.6 Å². The highest BCUT2D eigenvalue weighted by Gasteiger charge is 2.24. The summed E-state index contributed by atoms with van der Waals surface area (Å²) >= 11 is 1.67. The lowest BCUT2D eigenvalue weighted by Crippen LogP contribution is -2.43. The third kappa shape index (κ3) is 4.17. The van der Waals surface area contributed by atoms with Gasteiger partial charge in [0.15, 0.2) is 11.5 Å². The van der Waals surface area contributed by atoms with E-state index in [2.05, 4.69) is 27.0 Å². The van der Waals surface area contributed by atoms with Crippen LogP contribution in [0.2, 0.25) is 0 Å². The van der Waals surface area contributed by atoms with Crippen molar-refractivity contribution in [3.63, 3.8) is 0 Å². The zero-order valence-electron chi connectivity index (χ0n) is 15.1. The van der Waals surface area contributed by atoms with E-state index in [9.17, 15) is 4.79 Å². The standard InChI is InChI=1S/C19H24N2O4S/c1-23-17-5-3-4-15(18(17)24-2)19(22)20-12-16(14-6-11-26-13-14)21-7-9-25-10-8-21/h3-6,11,13,16H,7-10,12H2,1-2H3,(H,20,22)/t16-/m1/s1. The van der Waals surface area contributed by atoms with Gasteiger partial charge in [-0.15, -0.1) is 0 Å². The molecule has 1 amide bonds. The lowest BCUT2D eigenvalue weighted by molar-refractivity contribution is 0.0163. The first-order chi connectivity index (χ1) is 12.7. The third-order valence-corrected chi connectivity index (χ3v) is 5.22. The molecule has 6 nitrogen and oxygen atoms in total. The highest BCUT2D eigenvalue weighted by atomic mass is 32.1. The van der Waals surface area contributed by atoms with Gasteiger partial charge in [-0.05, 0) is 34.5 Å². The number of nitrogens with one attached hydrogen (secondary N) is 1. The van der Waals surface area contributed by atoms with Crippen molar-refractivity contribution in [3.8, 4) is 11.5 Å². The monoisotopic (exact) mass is 376 g/mol. The number of hydrogen-bond acceptors (Lipinski definition) is 6. The molecule has 1 fully saturated rings. The molecular formula is C19H24N2O4S. The minimum atomic E-state index is -0.172. The van der Waals surface area contributed by atoms with Crippen LogP contribution in [-0.2, 0) is 4.74 Å². The van der Waals surface area contributed by atoms with Crippen LogP contribution in [0.15, 0.2) is 35.0 Å². The molecule has 0 saturated carbocycles. The summed E-state index contributed by atoms with van der Waals surface area (Å²) in [6.07, 6.45) is 0. The number of nitrogens with zero attached hydrogens (tertiary/aromatic N) is 1. The first kappa shape index (κ1) is 18.7. The van der Waals surface area contributed by atoms with E-state index in [4.69, 9.17) is 14.2 Å². The van der Waals surface area contributed by atoms with E-state index < -0.39 is 0 Å². The molecule has 1 N–H and O–H groups in total. The van der Waals surface area contributed by atoms with Gasteiger partial charge in [-0.25, -0.2) is 0 Å². The predicted molar refractivity (Wildman–Crippen MR) is 101 cm³/mol. The first-order valence-corrected chi connectivity index (χ1v) is 9.52. The smallest absolute Gasteiger partial charge is 0.255 e. The molecule has 140 valence electrons. The fourth-order valence-electron chi connectivity index (χ4n) is 3.16. The molecule has 1 aromatic carbocycles. The van der Waals surface area contributed by atoms with Crippen LogP contribution < -0.4 is 14.8 Å². The Hall–Kier alpha value is -2.09. The van der Waals surface area contributed by atoms with Gasteiger partial charge in [0, 0.05) is 19.6 Å². The minimum Gasteiger partial charge on any atom is -0.493 e. The third-order valence-electron chi connectivity index (χ3n) is 4.52. The van der Waals surface area contributed by atoms with Crippen molar-refractivity contribution in [3.05, 3.63) is 46.2 Å². The average Bonchev–Trinajstić information content (AvgIpc) is 3.22. The number of rotatable bonds is 7. The maximum absolute atomic E-state index is 12.8. The summed E-state index contributed by atoms with van der Waals surface area (Å²) in [4.78, 5) is 15.1. The SMILES string of the molecule is COc1cccc(C(=O)NC[C@H](c2ccsc2)N2CCOCC2)c1OC. The molecule has 1 aromatic heterocycles. The largest absolute Gasteiger partial charge is 0.493 e. The molecule has 3 rings (SSSR count). The van der Waals surface area contributed by atoms with Crippen molar-refractivity contribution >= 4 is 17.2 Å². The molecule has 2 aromatic rings. The molecule has 1 aliphatic heterocycles. The molecule has 0 radical (unpaired) electrons. The van der Waals surface area contributed by atoms with Crippen molar-refractivity contribution in [1.82, 2.24) is 10.2 Å². The molecular weight excluding hydrogens is 352 g/mol. The van der Waals surface area contributed by atoms with Crippen molar-refractivity contribution in [1.29, 1.82) is 0 Å². The van der Waals surface area contributed by atoms with Crippen LogP contribution in [0.25, 0.3) is 0 Å². The highest BCUT2D eigenvalue weighted by Crippen LogP contribution is 2.31. The predicted octanol–water partition coefficient (Wildman–Crippen LogP) is 2.57. The van der Waals surface area contributed by atoms with Gasteiger partial charge in [0.1, 0.15) is 0 Å². The van der Waals surface area contributed by atoms with Crippen LogP contribution in [-0.4, -0.2) is 57.9 Å². The molecule has 0 unspecified atom stereocenters. The first-order valence-electron chi connectivity index (χ1n) is 8.57. The van der Waals surface area contributed by atoms with Crippen LogP contribution in [0.1, 0.15) is 22.0 Å². The van der Waals surface area contributed by atoms with Gasteiger partial charge >= 0.3 is 0 Å². The Labute approximate surface area is 157 Å². The lowest BCUT2D eigenvalue weighted by atomic mass is 10.1. The van der Waals surface area contributed by atoms with Crippen LogP contribution in [0.4, 0.5) is 0 Å². The van der Waals surface area contributed by atoms with E-state index >= 15 is 0 Å². The number of morpholine rings is 1. The number of para-hydroxylation sites is 1. The maximum Gasteiger partial charge on any atom is 0.255 e. The summed E-state index contributed by atoms with van der Waals surface area (Å²) in [5, 5.41) is 7.26. The van der Waals surface area contributed by atoms with Gasteiger partial charge in [-0.1, -0.05) is 6.07 Å². The van der Waals surface area contributed by atoms with Crippen LogP contribution in [0.3, 0.4) is 0 Å². The number of carbonyl (C=O) groups excluding carboxylic acids is 1. The molecule has 0 bridgehead atoms. The Morgan fingerprint density at radius 1 is 1.27 bits per heavy atom. The lowest BCUT2D eigenvalue weighted by Gasteiger charge is -2.34. The maximum atomic E-state index is 12.8. The average molecular weight is 376 g/mol. The Morgan fingerprint density at radius 3 is 2.73 bits per heavy atom. The molecule has 1 aliphatic rings. The minimum absolute atomic E-state index is 0.130. The van der Waals surface area contributed by atoms with Crippen molar-refractivity contribution < 1.29 is 19.0 Å². The summed E-state index contributed by atoms with van der Waals surface area (Å²) in [6, 6.07) is 7.55. The summed E-state index contributed by atoms with van der Waals surface area (Å²) in [6.45, 7) is 3.68. The van der Waals surface area contributed by atoms with Gasteiger partial charge in [-0.2, -0.15) is 11.3 Å². The van der Waals surface area contributed by atoms with E-state index in [-0.39, 0.29) is 11.9 Å². The second kappa shape index (κ2) is 9.02. The van der Waals surface area contributed by atoms with Gasteiger partial charge in [-0.3, -0.25) is 9.69 Å². The quantitative estimate of drug-likeness (QED) is 0.805. The fourth-order valence-corrected chi connectivity index (χ4v) is 3.87. The number of amides is 1. The Balaban J connectivity index is 1.74. The van der Waals surface area contributed by atoms with Crippen molar-refractivity contribution in [2.45, 2.75) is 6.04 Å². The summed E-state index contributed by atoms with van der Waals surface area (Å²) < 4.78 is 16.1. The number of carbonyl (C=O) groups is 1. The Bertz CT molecular complexity index is 714. The summed E-state index contributed by atoms with van der Waals surface area (Å²) in [5.41, 5.74) is 1.69. The van der Waals surface area contributed by atoms with Gasteiger partial charge in [0.05, 0.1) is 39.0 Å². The zero-order valence-corrected chi connectivity index (χ0v) is 15.9. The topological polar surface area (TPSA) is 60.0 Å². The van der Waals surface area contributed by atoms with E-state index in [1.54, 1.807) is 36.6 Å². The second-order valence-electron chi connectivity index (χ2n) is 5.97. The Morgan fingerprint density at radius 2 is 2.08 bits per heavy atom. The number of ether oxygens (including phenoxy) is 3. The molecule has 26 heavy (non-hydrogen) atoms.